The predicted molar refractivity (Wildman–Crippen MR) is 97.0 cm³/mol. The number of aryl methyl sites for hydroxylation is 1. The SMILES string of the molecule is N#CCCn1cc(C(=O)Oc2ccccc2)c(-c2cccc(Br)c2)n1. The molecule has 0 bridgehead atoms. The Kier molecular flexibility index (Phi) is 5.26. The lowest BCUT2D eigenvalue weighted by molar-refractivity contribution is 0.0735. The Bertz CT molecular complexity index is 929. The molecule has 124 valence electrons. The number of hydrogen-bond acceptors (Lipinski definition) is 4. The van der Waals surface area contributed by atoms with Gasteiger partial charge in [0, 0.05) is 16.2 Å². The summed E-state index contributed by atoms with van der Waals surface area (Å²) < 4.78 is 7.93. The molecule has 0 aliphatic rings. The Labute approximate surface area is 153 Å². The van der Waals surface area contributed by atoms with Crippen LogP contribution in [0.2, 0.25) is 0 Å². The van der Waals surface area contributed by atoms with Crippen molar-refractivity contribution in [1.82, 2.24) is 9.78 Å². The minimum Gasteiger partial charge on any atom is -0.423 e. The molecule has 3 aromatic rings. The Morgan fingerprint density at radius 1 is 1.20 bits per heavy atom. The zero-order valence-corrected chi connectivity index (χ0v) is 14.8. The van der Waals surface area contributed by atoms with Crippen molar-refractivity contribution < 1.29 is 9.53 Å². The third-order valence-corrected chi connectivity index (χ3v) is 3.98. The van der Waals surface area contributed by atoms with Crippen LogP contribution in [0.4, 0.5) is 0 Å². The van der Waals surface area contributed by atoms with Gasteiger partial charge >= 0.3 is 5.97 Å². The molecule has 0 aliphatic carbocycles. The van der Waals surface area contributed by atoms with Crippen LogP contribution in [0.5, 0.6) is 5.75 Å². The topological polar surface area (TPSA) is 67.9 Å². The van der Waals surface area contributed by atoms with Crippen LogP contribution in [0.25, 0.3) is 11.3 Å². The summed E-state index contributed by atoms with van der Waals surface area (Å²) in [7, 11) is 0. The number of hydrogen-bond donors (Lipinski definition) is 0. The largest absolute Gasteiger partial charge is 0.423 e. The molecule has 0 saturated carbocycles. The molecule has 0 radical (unpaired) electrons. The summed E-state index contributed by atoms with van der Waals surface area (Å²) in [5.74, 6) is -0.0122. The van der Waals surface area contributed by atoms with E-state index in [0.29, 0.717) is 30.0 Å². The molecule has 2 aromatic carbocycles. The van der Waals surface area contributed by atoms with E-state index < -0.39 is 5.97 Å². The molecule has 1 heterocycles. The Balaban J connectivity index is 1.97. The number of halogens is 1. The summed E-state index contributed by atoms with van der Waals surface area (Å²) in [6.45, 7) is 0.413. The first-order valence-corrected chi connectivity index (χ1v) is 8.44. The van der Waals surface area contributed by atoms with E-state index in [9.17, 15) is 4.79 Å². The summed E-state index contributed by atoms with van der Waals surface area (Å²) in [5, 5.41) is 13.2. The average Bonchev–Trinajstić information content (AvgIpc) is 3.05. The summed E-state index contributed by atoms with van der Waals surface area (Å²) in [6, 6.07) is 18.5. The van der Waals surface area contributed by atoms with Crippen molar-refractivity contribution in [3.05, 3.63) is 70.8 Å². The van der Waals surface area contributed by atoms with Crippen molar-refractivity contribution in [2.24, 2.45) is 0 Å². The van der Waals surface area contributed by atoms with Crippen LogP contribution in [0.15, 0.2) is 65.3 Å². The van der Waals surface area contributed by atoms with Gasteiger partial charge in [-0.15, -0.1) is 0 Å². The third-order valence-electron chi connectivity index (χ3n) is 3.49. The number of benzene rings is 2. The van der Waals surface area contributed by atoms with Gasteiger partial charge in [0.25, 0.3) is 0 Å². The van der Waals surface area contributed by atoms with E-state index in [-0.39, 0.29) is 0 Å². The second-order valence-corrected chi connectivity index (χ2v) is 6.19. The van der Waals surface area contributed by atoms with Gasteiger partial charge in [0.15, 0.2) is 0 Å². The van der Waals surface area contributed by atoms with Gasteiger partial charge in [0.1, 0.15) is 17.0 Å². The van der Waals surface area contributed by atoms with Gasteiger partial charge in [-0.25, -0.2) is 4.79 Å². The molecule has 3 rings (SSSR count). The van der Waals surface area contributed by atoms with Crippen LogP contribution in [0.3, 0.4) is 0 Å². The van der Waals surface area contributed by atoms with Crippen LogP contribution in [-0.4, -0.2) is 15.7 Å². The maximum Gasteiger partial charge on any atom is 0.347 e. The van der Waals surface area contributed by atoms with Gasteiger partial charge in [0.05, 0.1) is 19.0 Å². The van der Waals surface area contributed by atoms with E-state index in [0.717, 1.165) is 10.0 Å². The highest BCUT2D eigenvalue weighted by Crippen LogP contribution is 2.26. The predicted octanol–water partition coefficient (Wildman–Crippen LogP) is 4.45. The minimum absolute atomic E-state index is 0.312. The molecule has 0 N–H and O–H groups in total. The summed E-state index contributed by atoms with van der Waals surface area (Å²) in [4.78, 5) is 12.6. The normalized spacial score (nSPS) is 10.2. The molecule has 0 unspecified atom stereocenters. The Hall–Kier alpha value is -2.91. The Morgan fingerprint density at radius 3 is 2.72 bits per heavy atom. The molecule has 0 spiro atoms. The molecule has 0 saturated heterocycles. The first kappa shape index (κ1) is 16.9. The highest BCUT2D eigenvalue weighted by Gasteiger charge is 2.20. The van der Waals surface area contributed by atoms with Crippen molar-refractivity contribution in [1.29, 1.82) is 5.26 Å². The quantitative estimate of drug-likeness (QED) is 0.472. The van der Waals surface area contributed by atoms with Gasteiger partial charge < -0.3 is 4.74 Å². The van der Waals surface area contributed by atoms with E-state index in [1.54, 1.807) is 35.1 Å². The summed E-state index contributed by atoms with van der Waals surface area (Å²) >= 11 is 3.43. The fourth-order valence-electron chi connectivity index (χ4n) is 2.35. The van der Waals surface area contributed by atoms with Crippen LogP contribution >= 0.6 is 15.9 Å². The van der Waals surface area contributed by atoms with Crippen molar-refractivity contribution in [2.45, 2.75) is 13.0 Å². The minimum atomic E-state index is -0.482. The average molecular weight is 396 g/mol. The standard InChI is InChI=1S/C19H14BrN3O2/c20-15-7-4-6-14(12-15)18-17(13-23(22-18)11-5-10-21)19(24)25-16-8-2-1-3-9-16/h1-4,6-9,12-13H,5,11H2. The van der Waals surface area contributed by atoms with Crippen molar-refractivity contribution in [2.75, 3.05) is 0 Å². The molecular weight excluding hydrogens is 382 g/mol. The highest BCUT2D eigenvalue weighted by atomic mass is 79.9. The van der Waals surface area contributed by atoms with E-state index in [2.05, 4.69) is 27.1 Å². The van der Waals surface area contributed by atoms with E-state index in [4.69, 9.17) is 10.00 Å². The second kappa shape index (κ2) is 7.77. The highest BCUT2D eigenvalue weighted by molar-refractivity contribution is 9.10. The Morgan fingerprint density at radius 2 is 2.00 bits per heavy atom. The molecule has 0 amide bonds. The zero-order chi connectivity index (χ0) is 17.6. The summed E-state index contributed by atoms with van der Waals surface area (Å²) in [5.41, 5.74) is 1.69. The van der Waals surface area contributed by atoms with Crippen LogP contribution in [0.1, 0.15) is 16.8 Å². The van der Waals surface area contributed by atoms with Crippen molar-refractivity contribution >= 4 is 21.9 Å². The van der Waals surface area contributed by atoms with Crippen LogP contribution < -0.4 is 4.74 Å². The monoisotopic (exact) mass is 395 g/mol. The maximum atomic E-state index is 12.6. The van der Waals surface area contributed by atoms with Gasteiger partial charge in [-0.2, -0.15) is 10.4 Å². The van der Waals surface area contributed by atoms with Gasteiger partial charge in [-0.05, 0) is 24.3 Å². The molecule has 0 fully saturated rings. The van der Waals surface area contributed by atoms with Crippen LogP contribution in [0, 0.1) is 11.3 Å². The van der Waals surface area contributed by atoms with Gasteiger partial charge in [-0.3, -0.25) is 4.68 Å². The fourth-order valence-corrected chi connectivity index (χ4v) is 2.75. The van der Waals surface area contributed by atoms with Gasteiger partial charge in [-0.1, -0.05) is 46.3 Å². The first-order valence-electron chi connectivity index (χ1n) is 7.65. The number of carbonyl (C=O) groups excluding carboxylic acids is 1. The molecular formula is C19H14BrN3O2. The number of nitriles is 1. The number of carbonyl (C=O) groups is 1. The summed E-state index contributed by atoms with van der Waals surface area (Å²) in [6.07, 6.45) is 1.94. The number of rotatable bonds is 5. The lowest BCUT2D eigenvalue weighted by Crippen LogP contribution is -2.09. The number of nitrogens with zero attached hydrogens (tertiary/aromatic N) is 3. The van der Waals surface area contributed by atoms with Crippen molar-refractivity contribution in [3.8, 4) is 23.1 Å². The molecule has 5 nitrogen and oxygen atoms in total. The number of esters is 1. The molecule has 0 aliphatic heterocycles. The fraction of sp³-hybridized carbons (Fsp3) is 0.105. The number of para-hydroxylation sites is 1. The molecule has 1 aromatic heterocycles. The zero-order valence-electron chi connectivity index (χ0n) is 13.2. The number of aromatic nitrogens is 2. The van der Waals surface area contributed by atoms with Crippen molar-refractivity contribution in [3.63, 3.8) is 0 Å². The van der Waals surface area contributed by atoms with Crippen LogP contribution in [-0.2, 0) is 6.54 Å². The number of ether oxygens (including phenoxy) is 1. The third kappa shape index (κ3) is 4.14. The lowest BCUT2D eigenvalue weighted by atomic mass is 10.1. The molecule has 25 heavy (non-hydrogen) atoms. The second-order valence-electron chi connectivity index (χ2n) is 5.28. The maximum absolute atomic E-state index is 12.6. The first-order chi connectivity index (χ1) is 12.2. The van der Waals surface area contributed by atoms with Gasteiger partial charge in [0.2, 0.25) is 0 Å². The lowest BCUT2D eigenvalue weighted by Gasteiger charge is -2.04. The molecule has 0 atom stereocenters. The molecule has 6 heteroatoms. The van der Waals surface area contributed by atoms with E-state index in [1.807, 2.05) is 30.3 Å². The van der Waals surface area contributed by atoms with E-state index >= 15 is 0 Å². The smallest absolute Gasteiger partial charge is 0.347 e. The van der Waals surface area contributed by atoms with E-state index in [1.165, 1.54) is 0 Å².